The van der Waals surface area contributed by atoms with Gasteiger partial charge in [-0.05, 0) is 31.2 Å². The lowest BCUT2D eigenvalue weighted by molar-refractivity contribution is 1.29. The van der Waals surface area contributed by atoms with Crippen molar-refractivity contribution in [3.63, 3.8) is 0 Å². The standard InChI is InChI=1S/C10H11N.CH5N/c1-8-4-5-9-3-2-6-11-10(9)7-8;1-2/h2-5,7,11H,6H2,1H3;2H2,1H3. The summed E-state index contributed by atoms with van der Waals surface area (Å²) >= 11 is 0. The highest BCUT2D eigenvalue weighted by atomic mass is 14.9. The van der Waals surface area contributed by atoms with Crippen molar-refractivity contribution < 1.29 is 0 Å². The van der Waals surface area contributed by atoms with Crippen molar-refractivity contribution in [1.29, 1.82) is 0 Å². The summed E-state index contributed by atoms with van der Waals surface area (Å²) in [5.41, 5.74) is 8.36. The lowest BCUT2D eigenvalue weighted by atomic mass is 10.1. The summed E-state index contributed by atoms with van der Waals surface area (Å²) in [5.74, 6) is 0. The number of hydrogen-bond acceptors (Lipinski definition) is 2. The Morgan fingerprint density at radius 1 is 1.31 bits per heavy atom. The number of fused-ring (bicyclic) bond motifs is 1. The van der Waals surface area contributed by atoms with Crippen molar-refractivity contribution >= 4 is 11.8 Å². The molecule has 1 aromatic rings. The van der Waals surface area contributed by atoms with Crippen LogP contribution >= 0.6 is 0 Å². The van der Waals surface area contributed by atoms with Gasteiger partial charge in [-0.3, -0.25) is 0 Å². The number of nitrogens with two attached hydrogens (primary N) is 1. The van der Waals surface area contributed by atoms with Crippen LogP contribution in [0.4, 0.5) is 5.69 Å². The molecule has 0 aliphatic carbocycles. The molecule has 0 unspecified atom stereocenters. The van der Waals surface area contributed by atoms with Crippen molar-refractivity contribution in [2.45, 2.75) is 6.92 Å². The third-order valence-corrected chi connectivity index (χ3v) is 1.92. The van der Waals surface area contributed by atoms with Gasteiger partial charge >= 0.3 is 0 Å². The van der Waals surface area contributed by atoms with Gasteiger partial charge in [-0.2, -0.15) is 0 Å². The largest absolute Gasteiger partial charge is 0.381 e. The second kappa shape index (κ2) is 4.67. The van der Waals surface area contributed by atoms with Gasteiger partial charge in [0.1, 0.15) is 0 Å². The zero-order valence-electron chi connectivity index (χ0n) is 8.17. The van der Waals surface area contributed by atoms with E-state index in [1.807, 2.05) is 0 Å². The third kappa shape index (κ3) is 2.33. The Labute approximate surface area is 79.5 Å². The predicted molar refractivity (Wildman–Crippen MR) is 58.8 cm³/mol. The Hall–Kier alpha value is -1.28. The fraction of sp³-hybridized carbons (Fsp3) is 0.273. The molecule has 1 aromatic carbocycles. The molecular formula is C11H16N2. The molecule has 0 radical (unpaired) electrons. The van der Waals surface area contributed by atoms with Crippen molar-refractivity contribution in [1.82, 2.24) is 0 Å². The van der Waals surface area contributed by atoms with Gasteiger partial charge in [0.2, 0.25) is 0 Å². The Morgan fingerprint density at radius 3 is 2.85 bits per heavy atom. The van der Waals surface area contributed by atoms with Crippen LogP contribution < -0.4 is 11.1 Å². The predicted octanol–water partition coefficient (Wildman–Crippen LogP) is 2.01. The topological polar surface area (TPSA) is 38.0 Å². The fourth-order valence-electron chi connectivity index (χ4n) is 1.32. The first kappa shape index (κ1) is 9.81. The fourth-order valence-corrected chi connectivity index (χ4v) is 1.32. The van der Waals surface area contributed by atoms with Gasteiger partial charge in [0.05, 0.1) is 0 Å². The van der Waals surface area contributed by atoms with Crippen LogP contribution in [-0.4, -0.2) is 13.6 Å². The Morgan fingerprint density at radius 2 is 2.08 bits per heavy atom. The summed E-state index contributed by atoms with van der Waals surface area (Å²) in [7, 11) is 1.50. The van der Waals surface area contributed by atoms with E-state index in [0.717, 1.165) is 6.54 Å². The number of rotatable bonds is 0. The van der Waals surface area contributed by atoms with Crippen LogP contribution in [-0.2, 0) is 0 Å². The molecule has 1 heterocycles. The molecule has 0 fully saturated rings. The Bertz CT molecular complexity index is 303. The van der Waals surface area contributed by atoms with Crippen LogP contribution in [0.5, 0.6) is 0 Å². The summed E-state index contributed by atoms with van der Waals surface area (Å²) in [6.45, 7) is 3.07. The Balaban J connectivity index is 0.000000396. The van der Waals surface area contributed by atoms with Crippen molar-refractivity contribution in [2.24, 2.45) is 5.73 Å². The van der Waals surface area contributed by atoms with E-state index in [9.17, 15) is 0 Å². The molecule has 2 heteroatoms. The molecule has 0 atom stereocenters. The van der Waals surface area contributed by atoms with Crippen LogP contribution in [0.2, 0.25) is 0 Å². The summed E-state index contributed by atoms with van der Waals surface area (Å²) in [5, 5.41) is 3.32. The molecule has 1 aliphatic heterocycles. The first-order valence-electron chi connectivity index (χ1n) is 4.45. The quantitative estimate of drug-likeness (QED) is 0.634. The summed E-state index contributed by atoms with van der Waals surface area (Å²) < 4.78 is 0. The second-order valence-electron chi connectivity index (χ2n) is 2.87. The smallest absolute Gasteiger partial charge is 0.0418 e. The number of nitrogens with one attached hydrogen (secondary N) is 1. The van der Waals surface area contributed by atoms with Crippen molar-refractivity contribution in [3.05, 3.63) is 35.4 Å². The van der Waals surface area contributed by atoms with Crippen LogP contribution in [0.3, 0.4) is 0 Å². The van der Waals surface area contributed by atoms with Crippen LogP contribution in [0.25, 0.3) is 6.08 Å². The second-order valence-corrected chi connectivity index (χ2v) is 2.87. The van der Waals surface area contributed by atoms with Crippen LogP contribution in [0, 0.1) is 6.92 Å². The highest BCUT2D eigenvalue weighted by molar-refractivity contribution is 5.70. The highest BCUT2D eigenvalue weighted by Gasteiger charge is 2.01. The minimum atomic E-state index is 0.955. The maximum atomic E-state index is 4.50. The van der Waals surface area contributed by atoms with Crippen molar-refractivity contribution in [2.75, 3.05) is 18.9 Å². The molecule has 0 spiro atoms. The van der Waals surface area contributed by atoms with Gasteiger partial charge in [-0.15, -0.1) is 0 Å². The van der Waals surface area contributed by atoms with E-state index in [4.69, 9.17) is 0 Å². The monoisotopic (exact) mass is 176 g/mol. The van der Waals surface area contributed by atoms with Gasteiger partial charge in [0.15, 0.2) is 0 Å². The molecule has 0 saturated carbocycles. The van der Waals surface area contributed by atoms with Gasteiger partial charge < -0.3 is 11.1 Å². The molecular weight excluding hydrogens is 160 g/mol. The zero-order chi connectivity index (χ0) is 9.68. The van der Waals surface area contributed by atoms with Crippen LogP contribution in [0.1, 0.15) is 11.1 Å². The summed E-state index contributed by atoms with van der Waals surface area (Å²) in [6, 6.07) is 6.46. The molecule has 13 heavy (non-hydrogen) atoms. The van der Waals surface area contributed by atoms with E-state index in [2.05, 4.69) is 48.3 Å². The average molecular weight is 176 g/mol. The SMILES string of the molecule is CN.Cc1ccc2c(c1)NCC=C2. The lowest BCUT2D eigenvalue weighted by Gasteiger charge is -2.12. The molecule has 1 aliphatic rings. The van der Waals surface area contributed by atoms with Crippen molar-refractivity contribution in [3.8, 4) is 0 Å². The van der Waals surface area contributed by atoms with Gasteiger partial charge in [0.25, 0.3) is 0 Å². The van der Waals surface area contributed by atoms with E-state index in [1.54, 1.807) is 0 Å². The minimum Gasteiger partial charge on any atom is -0.381 e. The first-order chi connectivity index (χ1) is 6.36. The number of hydrogen-bond donors (Lipinski definition) is 2. The molecule has 0 bridgehead atoms. The Kier molecular flexibility index (Phi) is 3.53. The maximum absolute atomic E-state index is 4.50. The van der Waals surface area contributed by atoms with E-state index in [-0.39, 0.29) is 0 Å². The van der Waals surface area contributed by atoms with Gasteiger partial charge in [0, 0.05) is 12.2 Å². The summed E-state index contributed by atoms with van der Waals surface area (Å²) in [4.78, 5) is 0. The molecule has 3 N–H and O–H groups in total. The molecule has 2 nitrogen and oxygen atoms in total. The van der Waals surface area contributed by atoms with Crippen LogP contribution in [0.15, 0.2) is 24.3 Å². The number of anilines is 1. The van der Waals surface area contributed by atoms with Gasteiger partial charge in [-0.25, -0.2) is 0 Å². The molecule has 70 valence electrons. The van der Waals surface area contributed by atoms with E-state index >= 15 is 0 Å². The lowest BCUT2D eigenvalue weighted by Crippen LogP contribution is -2.03. The average Bonchev–Trinajstić information content (AvgIpc) is 2.21. The van der Waals surface area contributed by atoms with E-state index < -0.39 is 0 Å². The maximum Gasteiger partial charge on any atom is 0.0418 e. The first-order valence-corrected chi connectivity index (χ1v) is 4.45. The molecule has 0 saturated heterocycles. The minimum absolute atomic E-state index is 0.955. The highest BCUT2D eigenvalue weighted by Crippen LogP contribution is 2.21. The molecule has 2 rings (SSSR count). The zero-order valence-corrected chi connectivity index (χ0v) is 8.17. The normalized spacial score (nSPS) is 12.2. The third-order valence-electron chi connectivity index (χ3n) is 1.92. The number of benzene rings is 1. The van der Waals surface area contributed by atoms with Gasteiger partial charge in [-0.1, -0.05) is 24.3 Å². The molecule has 0 amide bonds. The van der Waals surface area contributed by atoms with E-state index in [1.165, 1.54) is 23.9 Å². The number of aryl methyl sites for hydroxylation is 1. The summed E-state index contributed by atoms with van der Waals surface area (Å²) in [6.07, 6.45) is 4.29. The van der Waals surface area contributed by atoms with E-state index in [0.29, 0.717) is 0 Å². The molecule has 0 aromatic heterocycles.